The Balaban J connectivity index is 2.67. The summed E-state index contributed by atoms with van der Waals surface area (Å²) in [6, 6.07) is 3.68. The van der Waals surface area contributed by atoms with Gasteiger partial charge in [0.15, 0.2) is 0 Å². The highest BCUT2D eigenvalue weighted by atomic mass is 32.1. The molecule has 21 heavy (non-hydrogen) atoms. The van der Waals surface area contributed by atoms with E-state index in [1.165, 1.54) is 18.4 Å². The van der Waals surface area contributed by atoms with Crippen LogP contribution in [0.25, 0.3) is 10.1 Å². The fourth-order valence-corrected chi connectivity index (χ4v) is 3.26. The average Bonchev–Trinajstić information content (AvgIpc) is 2.95. The highest BCUT2D eigenvalue weighted by molar-refractivity contribution is 7.21. The number of rotatable bonds is 5. The molecule has 0 saturated carbocycles. The van der Waals surface area contributed by atoms with Gasteiger partial charge in [-0.1, -0.05) is 0 Å². The van der Waals surface area contributed by atoms with Crippen LogP contribution in [0.2, 0.25) is 0 Å². The van der Waals surface area contributed by atoms with Crippen molar-refractivity contribution >= 4 is 27.4 Å². The van der Waals surface area contributed by atoms with Gasteiger partial charge in [0.1, 0.15) is 16.4 Å². The van der Waals surface area contributed by atoms with Crippen molar-refractivity contribution in [3.63, 3.8) is 0 Å². The Morgan fingerprint density at radius 1 is 1.29 bits per heavy atom. The maximum atomic E-state index is 11.7. The molecule has 0 N–H and O–H groups in total. The van der Waals surface area contributed by atoms with Crippen LogP contribution in [0, 0.1) is 12.3 Å². The topological polar surface area (TPSA) is 44.8 Å². The van der Waals surface area contributed by atoms with Crippen LogP contribution < -0.4 is 9.47 Å². The molecule has 110 valence electrons. The lowest BCUT2D eigenvalue weighted by atomic mass is 10.1. The molecule has 5 heteroatoms. The predicted octanol–water partition coefficient (Wildman–Crippen LogP) is 3.27. The molecule has 0 aliphatic rings. The highest BCUT2D eigenvalue weighted by Gasteiger charge is 2.19. The van der Waals surface area contributed by atoms with E-state index in [9.17, 15) is 4.79 Å². The van der Waals surface area contributed by atoms with Gasteiger partial charge in [0, 0.05) is 11.8 Å². The van der Waals surface area contributed by atoms with Crippen molar-refractivity contribution in [3.05, 3.63) is 22.6 Å². The first-order valence-corrected chi connectivity index (χ1v) is 7.17. The second kappa shape index (κ2) is 6.51. The van der Waals surface area contributed by atoms with E-state index in [0.29, 0.717) is 23.5 Å². The molecule has 1 heterocycles. The first-order valence-electron chi connectivity index (χ1n) is 6.35. The van der Waals surface area contributed by atoms with Crippen LogP contribution in [0.5, 0.6) is 11.5 Å². The van der Waals surface area contributed by atoms with Gasteiger partial charge in [-0.15, -0.1) is 23.7 Å². The van der Waals surface area contributed by atoms with E-state index >= 15 is 0 Å². The first-order chi connectivity index (χ1) is 10.2. The molecule has 0 aliphatic heterocycles. The van der Waals surface area contributed by atoms with Gasteiger partial charge in [-0.3, -0.25) is 0 Å². The van der Waals surface area contributed by atoms with Crippen LogP contribution in [0.4, 0.5) is 0 Å². The van der Waals surface area contributed by atoms with E-state index in [1.54, 1.807) is 20.3 Å². The van der Waals surface area contributed by atoms with Crippen molar-refractivity contribution in [1.29, 1.82) is 0 Å². The maximum Gasteiger partial charge on any atom is 0.348 e. The fraction of sp³-hybridized carbons (Fsp3) is 0.312. The van der Waals surface area contributed by atoms with Crippen molar-refractivity contribution in [2.45, 2.75) is 12.8 Å². The second-order valence-electron chi connectivity index (χ2n) is 4.32. The number of carbonyl (C=O) groups is 1. The molecular weight excluding hydrogens is 288 g/mol. The lowest BCUT2D eigenvalue weighted by Gasteiger charge is -2.11. The summed E-state index contributed by atoms with van der Waals surface area (Å²) >= 11 is 1.32. The number of aryl methyl sites for hydroxylation is 1. The third kappa shape index (κ3) is 2.81. The summed E-state index contributed by atoms with van der Waals surface area (Å²) in [5.74, 6) is 3.68. The molecule has 0 aliphatic carbocycles. The van der Waals surface area contributed by atoms with Crippen molar-refractivity contribution < 1.29 is 19.0 Å². The van der Waals surface area contributed by atoms with Crippen molar-refractivity contribution in [3.8, 4) is 23.8 Å². The zero-order chi connectivity index (χ0) is 15.4. The summed E-state index contributed by atoms with van der Waals surface area (Å²) in [6.07, 6.45) is 6.63. The minimum absolute atomic E-state index is 0.370. The normalized spacial score (nSPS) is 10.2. The average molecular weight is 304 g/mol. The van der Waals surface area contributed by atoms with Gasteiger partial charge in [0.2, 0.25) is 0 Å². The fourth-order valence-electron chi connectivity index (χ4n) is 2.19. The molecule has 2 rings (SSSR count). The molecule has 0 bridgehead atoms. The van der Waals surface area contributed by atoms with Gasteiger partial charge in [0.05, 0.1) is 26.0 Å². The van der Waals surface area contributed by atoms with Crippen LogP contribution in [0.1, 0.15) is 21.7 Å². The lowest BCUT2D eigenvalue weighted by molar-refractivity contribution is 0.0606. The zero-order valence-corrected chi connectivity index (χ0v) is 13.0. The van der Waals surface area contributed by atoms with Crippen LogP contribution in [0.15, 0.2) is 12.1 Å². The van der Waals surface area contributed by atoms with Crippen molar-refractivity contribution in [1.82, 2.24) is 0 Å². The second-order valence-corrected chi connectivity index (χ2v) is 5.37. The van der Waals surface area contributed by atoms with Gasteiger partial charge in [0.25, 0.3) is 0 Å². The zero-order valence-electron chi connectivity index (χ0n) is 12.2. The number of terminal acetylenes is 1. The number of benzene rings is 1. The summed E-state index contributed by atoms with van der Waals surface area (Å²) in [6.45, 7) is 0. The van der Waals surface area contributed by atoms with E-state index in [0.717, 1.165) is 21.4 Å². The third-order valence-corrected chi connectivity index (χ3v) is 4.28. The molecule has 1 aromatic carbocycles. The summed E-state index contributed by atoms with van der Waals surface area (Å²) in [4.78, 5) is 12.2. The lowest BCUT2D eigenvalue weighted by Crippen LogP contribution is -1.97. The molecular formula is C16H16O4S. The maximum absolute atomic E-state index is 11.7. The van der Waals surface area contributed by atoms with Gasteiger partial charge in [-0.2, -0.15) is 0 Å². The van der Waals surface area contributed by atoms with Gasteiger partial charge in [-0.25, -0.2) is 4.79 Å². The minimum atomic E-state index is -0.370. The van der Waals surface area contributed by atoms with E-state index in [2.05, 4.69) is 5.92 Å². The number of esters is 1. The molecule has 1 aromatic heterocycles. The highest BCUT2D eigenvalue weighted by Crippen LogP contribution is 2.42. The summed E-state index contributed by atoms with van der Waals surface area (Å²) in [5.41, 5.74) is 0.967. The summed E-state index contributed by atoms with van der Waals surface area (Å²) in [5, 5.41) is 0.842. The van der Waals surface area contributed by atoms with E-state index in [1.807, 2.05) is 6.07 Å². The monoisotopic (exact) mass is 304 g/mol. The quantitative estimate of drug-likeness (QED) is 0.628. The SMILES string of the molecule is C#CCCc1cc(OC)c2sc(C(=O)OC)cc2c1OC. The number of thiophene rings is 1. The number of methoxy groups -OCH3 is 3. The Bertz CT molecular complexity index is 709. The standard InChI is InChI=1S/C16H16O4S/c1-5-6-7-10-8-12(18-2)15-11(14(10)19-3)9-13(21-15)16(17)20-4/h1,8-9H,6-7H2,2-4H3. The smallest absolute Gasteiger partial charge is 0.348 e. The molecule has 0 unspecified atom stereocenters. The van der Waals surface area contributed by atoms with Gasteiger partial charge in [-0.05, 0) is 24.1 Å². The predicted molar refractivity (Wildman–Crippen MR) is 83.4 cm³/mol. The molecule has 0 saturated heterocycles. The van der Waals surface area contributed by atoms with Crippen molar-refractivity contribution in [2.75, 3.05) is 21.3 Å². The number of carbonyl (C=O) groups excluding carboxylic acids is 1. The largest absolute Gasteiger partial charge is 0.496 e. The number of hydrogen-bond acceptors (Lipinski definition) is 5. The van der Waals surface area contributed by atoms with Crippen LogP contribution in [-0.4, -0.2) is 27.3 Å². The van der Waals surface area contributed by atoms with E-state index in [-0.39, 0.29) is 5.97 Å². The molecule has 0 atom stereocenters. The van der Waals surface area contributed by atoms with E-state index < -0.39 is 0 Å². The Morgan fingerprint density at radius 3 is 2.62 bits per heavy atom. The van der Waals surface area contributed by atoms with Gasteiger partial charge >= 0.3 is 5.97 Å². The third-order valence-electron chi connectivity index (χ3n) is 3.15. The Kier molecular flexibility index (Phi) is 4.71. The molecule has 0 spiro atoms. The molecule has 0 fully saturated rings. The van der Waals surface area contributed by atoms with Crippen LogP contribution in [0.3, 0.4) is 0 Å². The Hall–Kier alpha value is -2.19. The molecule has 0 amide bonds. The minimum Gasteiger partial charge on any atom is -0.496 e. The molecule has 4 nitrogen and oxygen atoms in total. The summed E-state index contributed by atoms with van der Waals surface area (Å²) in [7, 11) is 4.57. The molecule has 0 radical (unpaired) electrons. The van der Waals surface area contributed by atoms with Crippen LogP contribution >= 0.6 is 11.3 Å². The number of ether oxygens (including phenoxy) is 3. The Labute approximate surface area is 127 Å². The number of fused-ring (bicyclic) bond motifs is 1. The van der Waals surface area contributed by atoms with E-state index in [4.69, 9.17) is 20.6 Å². The number of hydrogen-bond donors (Lipinski definition) is 0. The first kappa shape index (κ1) is 15.2. The summed E-state index contributed by atoms with van der Waals surface area (Å²) < 4.78 is 16.6. The van der Waals surface area contributed by atoms with Crippen molar-refractivity contribution in [2.24, 2.45) is 0 Å². The molecule has 2 aromatic rings. The van der Waals surface area contributed by atoms with Crippen LogP contribution in [-0.2, 0) is 11.2 Å². The Morgan fingerprint density at radius 2 is 2.05 bits per heavy atom. The van der Waals surface area contributed by atoms with Gasteiger partial charge < -0.3 is 14.2 Å².